The van der Waals surface area contributed by atoms with E-state index in [2.05, 4.69) is 60.4 Å². The fraction of sp³-hybridized carbons (Fsp3) is 0.429. The van der Waals surface area contributed by atoms with Gasteiger partial charge in [0, 0.05) is 12.6 Å². The second kappa shape index (κ2) is 5.78. The third-order valence-electron chi connectivity index (χ3n) is 3.14. The molecule has 0 radical (unpaired) electrons. The first-order chi connectivity index (χ1) is 8.70. The molecular weight excluding hydrogens is 224 g/mol. The van der Waals surface area contributed by atoms with Crippen LogP contribution in [0.5, 0.6) is 0 Å². The highest BCUT2D eigenvalue weighted by Crippen LogP contribution is 2.13. The first-order valence-electron chi connectivity index (χ1n) is 6.37. The predicted molar refractivity (Wildman–Crippen MR) is 72.1 cm³/mol. The van der Waals surface area contributed by atoms with E-state index in [1.165, 1.54) is 11.1 Å². The highest BCUT2D eigenvalue weighted by molar-refractivity contribution is 5.23. The van der Waals surface area contributed by atoms with Gasteiger partial charge in [-0.05, 0) is 26.3 Å². The Morgan fingerprint density at radius 2 is 2.00 bits per heavy atom. The van der Waals surface area contributed by atoms with Crippen LogP contribution in [0.2, 0.25) is 0 Å². The van der Waals surface area contributed by atoms with Crippen molar-refractivity contribution in [2.24, 2.45) is 0 Å². The highest BCUT2D eigenvalue weighted by Gasteiger charge is 2.07. The van der Waals surface area contributed by atoms with Crippen LogP contribution in [0.1, 0.15) is 36.8 Å². The zero-order chi connectivity index (χ0) is 13.0. The van der Waals surface area contributed by atoms with Crippen molar-refractivity contribution in [1.29, 1.82) is 0 Å². The van der Waals surface area contributed by atoms with Gasteiger partial charge in [-0.15, -0.1) is 0 Å². The maximum atomic E-state index is 4.26. The molecule has 1 aromatic heterocycles. The fourth-order valence-electron chi connectivity index (χ4n) is 1.91. The normalized spacial score (nSPS) is 12.6. The summed E-state index contributed by atoms with van der Waals surface area (Å²) in [4.78, 5) is 4.26. The van der Waals surface area contributed by atoms with Gasteiger partial charge in [-0.1, -0.05) is 29.8 Å². The van der Waals surface area contributed by atoms with Crippen LogP contribution >= 0.6 is 0 Å². The van der Waals surface area contributed by atoms with E-state index in [1.807, 2.05) is 4.68 Å². The quantitative estimate of drug-likeness (QED) is 0.878. The molecule has 0 unspecified atom stereocenters. The van der Waals surface area contributed by atoms with Gasteiger partial charge in [0.25, 0.3) is 0 Å². The molecule has 0 bridgehead atoms. The SMILES string of the molecule is CCn1ncnc1CN[C@@H](C)c1ccc(C)cc1. The lowest BCUT2D eigenvalue weighted by molar-refractivity contribution is 0.523. The summed E-state index contributed by atoms with van der Waals surface area (Å²) in [6, 6.07) is 8.92. The maximum Gasteiger partial charge on any atom is 0.140 e. The van der Waals surface area contributed by atoms with Crippen molar-refractivity contribution in [2.75, 3.05) is 0 Å². The fourth-order valence-corrected chi connectivity index (χ4v) is 1.91. The number of hydrogen-bond donors (Lipinski definition) is 1. The summed E-state index contributed by atoms with van der Waals surface area (Å²) < 4.78 is 1.91. The molecule has 0 saturated heterocycles. The van der Waals surface area contributed by atoms with Crippen LogP contribution in [0.25, 0.3) is 0 Å². The number of aryl methyl sites for hydroxylation is 2. The van der Waals surface area contributed by atoms with E-state index in [9.17, 15) is 0 Å². The second-order valence-electron chi connectivity index (χ2n) is 4.51. The summed E-state index contributed by atoms with van der Waals surface area (Å²) in [7, 11) is 0. The average Bonchev–Trinajstić information content (AvgIpc) is 2.84. The molecule has 96 valence electrons. The molecule has 0 fully saturated rings. The van der Waals surface area contributed by atoms with Crippen molar-refractivity contribution in [1.82, 2.24) is 20.1 Å². The second-order valence-corrected chi connectivity index (χ2v) is 4.51. The van der Waals surface area contributed by atoms with Crippen molar-refractivity contribution >= 4 is 0 Å². The Morgan fingerprint density at radius 1 is 1.28 bits per heavy atom. The van der Waals surface area contributed by atoms with Gasteiger partial charge in [-0.3, -0.25) is 0 Å². The molecule has 1 aromatic carbocycles. The molecule has 2 rings (SSSR count). The van der Waals surface area contributed by atoms with Gasteiger partial charge in [-0.25, -0.2) is 9.67 Å². The third kappa shape index (κ3) is 2.96. The van der Waals surface area contributed by atoms with E-state index >= 15 is 0 Å². The molecule has 0 aliphatic rings. The lowest BCUT2D eigenvalue weighted by Crippen LogP contribution is -2.21. The Labute approximate surface area is 108 Å². The minimum Gasteiger partial charge on any atom is -0.303 e. The monoisotopic (exact) mass is 244 g/mol. The standard InChI is InChI=1S/C14H20N4/c1-4-18-14(16-10-17-18)9-15-12(3)13-7-5-11(2)6-8-13/h5-8,10,12,15H,4,9H2,1-3H3/t12-/m0/s1. The molecule has 1 N–H and O–H groups in total. The molecule has 0 spiro atoms. The number of nitrogens with zero attached hydrogens (tertiary/aromatic N) is 3. The van der Waals surface area contributed by atoms with E-state index in [4.69, 9.17) is 0 Å². The van der Waals surface area contributed by atoms with Gasteiger partial charge in [-0.2, -0.15) is 5.10 Å². The molecule has 0 aliphatic heterocycles. The largest absolute Gasteiger partial charge is 0.303 e. The van der Waals surface area contributed by atoms with Crippen LogP contribution in [-0.4, -0.2) is 14.8 Å². The number of nitrogens with one attached hydrogen (secondary N) is 1. The van der Waals surface area contributed by atoms with Crippen molar-refractivity contribution < 1.29 is 0 Å². The summed E-state index contributed by atoms with van der Waals surface area (Å²) in [5, 5.41) is 7.63. The Bertz CT molecular complexity index is 487. The summed E-state index contributed by atoms with van der Waals surface area (Å²) >= 11 is 0. The van der Waals surface area contributed by atoms with E-state index in [1.54, 1.807) is 6.33 Å². The number of hydrogen-bond acceptors (Lipinski definition) is 3. The van der Waals surface area contributed by atoms with E-state index in [0.29, 0.717) is 6.04 Å². The molecule has 18 heavy (non-hydrogen) atoms. The minimum atomic E-state index is 0.313. The summed E-state index contributed by atoms with van der Waals surface area (Å²) in [5.74, 6) is 0.983. The zero-order valence-corrected chi connectivity index (χ0v) is 11.2. The molecule has 2 aromatic rings. The Hall–Kier alpha value is -1.68. The van der Waals surface area contributed by atoms with Crippen molar-refractivity contribution in [3.63, 3.8) is 0 Å². The van der Waals surface area contributed by atoms with Gasteiger partial charge in [0.1, 0.15) is 12.2 Å². The van der Waals surface area contributed by atoms with Crippen LogP contribution in [0.15, 0.2) is 30.6 Å². The molecule has 0 aliphatic carbocycles. The number of aromatic nitrogens is 3. The molecular formula is C14H20N4. The summed E-state index contributed by atoms with van der Waals surface area (Å²) in [5.41, 5.74) is 2.58. The van der Waals surface area contributed by atoms with E-state index in [0.717, 1.165) is 18.9 Å². The Balaban J connectivity index is 1.96. The summed E-state index contributed by atoms with van der Waals surface area (Å²) in [6.45, 7) is 7.93. The highest BCUT2D eigenvalue weighted by atomic mass is 15.3. The van der Waals surface area contributed by atoms with Gasteiger partial charge >= 0.3 is 0 Å². The molecule has 1 heterocycles. The van der Waals surface area contributed by atoms with Gasteiger partial charge < -0.3 is 5.32 Å². The van der Waals surface area contributed by atoms with E-state index in [-0.39, 0.29) is 0 Å². The third-order valence-corrected chi connectivity index (χ3v) is 3.14. The molecule has 4 heteroatoms. The average molecular weight is 244 g/mol. The van der Waals surface area contributed by atoms with Gasteiger partial charge in [0.2, 0.25) is 0 Å². The number of benzene rings is 1. The molecule has 0 saturated carbocycles. The van der Waals surface area contributed by atoms with Crippen LogP contribution in [0, 0.1) is 6.92 Å². The lowest BCUT2D eigenvalue weighted by Gasteiger charge is -2.14. The van der Waals surface area contributed by atoms with Crippen molar-refractivity contribution in [3.8, 4) is 0 Å². The van der Waals surface area contributed by atoms with Crippen LogP contribution in [0.4, 0.5) is 0 Å². The van der Waals surface area contributed by atoms with Gasteiger partial charge in [0.05, 0.1) is 6.54 Å². The molecule has 4 nitrogen and oxygen atoms in total. The first-order valence-corrected chi connectivity index (χ1v) is 6.37. The summed E-state index contributed by atoms with van der Waals surface area (Å²) in [6.07, 6.45) is 1.61. The Kier molecular flexibility index (Phi) is 4.10. The van der Waals surface area contributed by atoms with Crippen molar-refractivity contribution in [3.05, 3.63) is 47.5 Å². The topological polar surface area (TPSA) is 42.7 Å². The zero-order valence-electron chi connectivity index (χ0n) is 11.2. The van der Waals surface area contributed by atoms with Crippen LogP contribution in [0.3, 0.4) is 0 Å². The lowest BCUT2D eigenvalue weighted by atomic mass is 10.1. The Morgan fingerprint density at radius 3 is 2.67 bits per heavy atom. The molecule has 0 amide bonds. The van der Waals surface area contributed by atoms with Crippen molar-refractivity contribution in [2.45, 2.75) is 39.9 Å². The predicted octanol–water partition coefficient (Wildman–Crippen LogP) is 2.46. The van der Waals surface area contributed by atoms with Gasteiger partial charge in [0.15, 0.2) is 0 Å². The maximum absolute atomic E-state index is 4.26. The minimum absolute atomic E-state index is 0.313. The first kappa shape index (κ1) is 12.8. The van der Waals surface area contributed by atoms with Crippen LogP contribution < -0.4 is 5.32 Å². The molecule has 1 atom stereocenters. The smallest absolute Gasteiger partial charge is 0.140 e. The van der Waals surface area contributed by atoms with Crippen LogP contribution in [-0.2, 0) is 13.1 Å². The number of rotatable bonds is 5. The van der Waals surface area contributed by atoms with E-state index < -0.39 is 0 Å².